The Balaban J connectivity index is 2.09. The third kappa shape index (κ3) is 1.76. The number of thiazole rings is 1. The molecule has 0 spiro atoms. The largest absolute Gasteiger partial charge is 0.342 e. The van der Waals surface area contributed by atoms with Gasteiger partial charge in [-0.1, -0.05) is 12.1 Å². The van der Waals surface area contributed by atoms with Crippen LogP contribution in [0, 0.1) is 0 Å². The summed E-state index contributed by atoms with van der Waals surface area (Å²) in [5.41, 5.74) is 3.66. The number of fused-ring (bicyclic) bond motifs is 1. The van der Waals surface area contributed by atoms with E-state index in [0.717, 1.165) is 29.3 Å². The van der Waals surface area contributed by atoms with E-state index in [-0.39, 0.29) is 0 Å². The van der Waals surface area contributed by atoms with E-state index in [1.54, 1.807) is 11.3 Å². The van der Waals surface area contributed by atoms with Crippen LogP contribution < -0.4 is 0 Å². The topological polar surface area (TPSA) is 34.9 Å². The number of carbonyl (C=O) groups is 1. The highest BCUT2D eigenvalue weighted by atomic mass is 32.1. The molecule has 0 N–H and O–H groups in total. The van der Waals surface area contributed by atoms with E-state index in [0.29, 0.717) is 0 Å². The third-order valence-corrected chi connectivity index (χ3v) is 3.55. The zero-order chi connectivity index (χ0) is 11.7. The van der Waals surface area contributed by atoms with Gasteiger partial charge in [0.1, 0.15) is 0 Å². The molecule has 0 saturated carbocycles. The van der Waals surface area contributed by atoms with Gasteiger partial charge >= 0.3 is 0 Å². The minimum absolute atomic E-state index is 0.741. The minimum Gasteiger partial charge on any atom is -0.342 e. The fourth-order valence-corrected chi connectivity index (χ4v) is 2.57. The Morgan fingerprint density at radius 1 is 1.35 bits per heavy atom. The smallest absolute Gasteiger partial charge is 0.150 e. The van der Waals surface area contributed by atoms with Crippen LogP contribution in [-0.2, 0) is 6.54 Å². The Hall–Kier alpha value is -1.94. The molecule has 0 saturated heterocycles. The molecule has 4 heteroatoms. The molecule has 84 valence electrons. The van der Waals surface area contributed by atoms with Crippen LogP contribution in [0.2, 0.25) is 0 Å². The number of rotatable bonds is 3. The Kier molecular flexibility index (Phi) is 2.49. The van der Waals surface area contributed by atoms with Crippen LogP contribution in [-0.4, -0.2) is 15.8 Å². The van der Waals surface area contributed by atoms with E-state index in [1.165, 1.54) is 4.88 Å². The molecule has 2 aromatic heterocycles. The van der Waals surface area contributed by atoms with Gasteiger partial charge < -0.3 is 4.57 Å². The lowest BCUT2D eigenvalue weighted by Crippen LogP contribution is -1.95. The first kappa shape index (κ1) is 10.2. The third-order valence-electron chi connectivity index (χ3n) is 2.78. The molecular weight excluding hydrogens is 232 g/mol. The summed E-state index contributed by atoms with van der Waals surface area (Å²) in [5, 5.41) is 1.01. The van der Waals surface area contributed by atoms with Crippen molar-refractivity contribution in [1.29, 1.82) is 0 Å². The van der Waals surface area contributed by atoms with Crippen LogP contribution in [0.25, 0.3) is 10.9 Å². The molecule has 0 amide bonds. The van der Waals surface area contributed by atoms with Gasteiger partial charge in [-0.15, -0.1) is 11.3 Å². The standard InChI is InChI=1S/C13H10N2OS/c16-8-10-2-1-3-13-12(10)4-5-15(13)7-11-6-14-9-17-11/h1-6,8-9H,7H2. The predicted octanol–water partition coefficient (Wildman–Crippen LogP) is 2.96. The van der Waals surface area contributed by atoms with Crippen molar-refractivity contribution in [1.82, 2.24) is 9.55 Å². The number of aldehydes is 1. The van der Waals surface area contributed by atoms with Gasteiger partial charge in [-0.3, -0.25) is 9.78 Å². The summed E-state index contributed by atoms with van der Waals surface area (Å²) >= 11 is 1.64. The van der Waals surface area contributed by atoms with Crippen molar-refractivity contribution in [3.8, 4) is 0 Å². The molecule has 0 aliphatic rings. The van der Waals surface area contributed by atoms with Crippen LogP contribution in [0.15, 0.2) is 42.2 Å². The lowest BCUT2D eigenvalue weighted by Gasteiger charge is -2.03. The Morgan fingerprint density at radius 3 is 3.06 bits per heavy atom. The second-order valence-corrected chi connectivity index (χ2v) is 4.78. The number of nitrogens with zero attached hydrogens (tertiary/aromatic N) is 2. The van der Waals surface area contributed by atoms with Gasteiger partial charge in [-0.25, -0.2) is 0 Å². The quantitative estimate of drug-likeness (QED) is 0.662. The monoisotopic (exact) mass is 242 g/mol. The Labute approximate surface area is 102 Å². The summed E-state index contributed by atoms with van der Waals surface area (Å²) in [5.74, 6) is 0. The van der Waals surface area contributed by atoms with Crippen molar-refractivity contribution in [3.63, 3.8) is 0 Å². The van der Waals surface area contributed by atoms with Crippen LogP contribution in [0.5, 0.6) is 0 Å². The van der Waals surface area contributed by atoms with E-state index in [4.69, 9.17) is 0 Å². The first-order chi connectivity index (χ1) is 8.38. The van der Waals surface area contributed by atoms with Crippen molar-refractivity contribution in [2.24, 2.45) is 0 Å². The molecule has 3 nitrogen and oxygen atoms in total. The van der Waals surface area contributed by atoms with E-state index in [2.05, 4.69) is 9.55 Å². The van der Waals surface area contributed by atoms with Crippen molar-refractivity contribution in [2.75, 3.05) is 0 Å². The molecule has 0 aliphatic carbocycles. The van der Waals surface area contributed by atoms with Gasteiger partial charge in [0.2, 0.25) is 0 Å². The number of hydrogen-bond donors (Lipinski definition) is 0. The molecule has 2 heterocycles. The summed E-state index contributed by atoms with van der Waals surface area (Å²) < 4.78 is 2.13. The molecule has 0 radical (unpaired) electrons. The van der Waals surface area contributed by atoms with E-state index < -0.39 is 0 Å². The highest BCUT2D eigenvalue weighted by Crippen LogP contribution is 2.20. The first-order valence-electron chi connectivity index (χ1n) is 5.29. The summed E-state index contributed by atoms with van der Waals surface area (Å²) in [4.78, 5) is 16.2. The van der Waals surface area contributed by atoms with Crippen molar-refractivity contribution in [3.05, 3.63) is 52.6 Å². The second-order valence-electron chi connectivity index (χ2n) is 3.81. The molecule has 17 heavy (non-hydrogen) atoms. The van der Waals surface area contributed by atoms with Gasteiger partial charge in [0.15, 0.2) is 6.29 Å². The maximum atomic E-state index is 10.9. The number of aromatic nitrogens is 2. The zero-order valence-electron chi connectivity index (χ0n) is 9.04. The fourth-order valence-electron chi connectivity index (χ4n) is 1.98. The lowest BCUT2D eigenvalue weighted by molar-refractivity contribution is 0.112. The molecule has 3 rings (SSSR count). The number of benzene rings is 1. The van der Waals surface area contributed by atoms with Crippen molar-refractivity contribution in [2.45, 2.75) is 6.54 Å². The van der Waals surface area contributed by atoms with Gasteiger partial charge in [0.05, 0.1) is 12.1 Å². The molecule has 1 aromatic carbocycles. The van der Waals surface area contributed by atoms with Crippen molar-refractivity contribution < 1.29 is 4.79 Å². The highest BCUT2D eigenvalue weighted by Gasteiger charge is 2.05. The number of hydrogen-bond acceptors (Lipinski definition) is 3. The van der Waals surface area contributed by atoms with Gasteiger partial charge in [-0.2, -0.15) is 0 Å². The molecule has 0 fully saturated rings. The van der Waals surface area contributed by atoms with Crippen molar-refractivity contribution >= 4 is 28.5 Å². The van der Waals surface area contributed by atoms with Gasteiger partial charge in [0, 0.05) is 33.7 Å². The van der Waals surface area contributed by atoms with Gasteiger partial charge in [0.25, 0.3) is 0 Å². The maximum Gasteiger partial charge on any atom is 0.150 e. The second kappa shape index (κ2) is 4.14. The van der Waals surface area contributed by atoms with Gasteiger partial charge in [-0.05, 0) is 12.1 Å². The summed E-state index contributed by atoms with van der Waals surface area (Å²) in [7, 11) is 0. The maximum absolute atomic E-state index is 10.9. The van der Waals surface area contributed by atoms with E-state index in [9.17, 15) is 4.79 Å². The summed E-state index contributed by atoms with van der Waals surface area (Å²) in [6.45, 7) is 0.802. The fraction of sp³-hybridized carbons (Fsp3) is 0.0769. The predicted molar refractivity (Wildman–Crippen MR) is 68.5 cm³/mol. The van der Waals surface area contributed by atoms with Crippen LogP contribution in [0.1, 0.15) is 15.2 Å². The lowest BCUT2D eigenvalue weighted by atomic mass is 10.1. The molecular formula is C13H10N2OS. The normalized spacial score (nSPS) is 10.8. The Morgan fingerprint density at radius 2 is 2.29 bits per heavy atom. The average Bonchev–Trinajstić information content (AvgIpc) is 2.99. The molecule has 0 bridgehead atoms. The first-order valence-corrected chi connectivity index (χ1v) is 6.17. The Bertz CT molecular complexity index is 655. The van der Waals surface area contributed by atoms with E-state index in [1.807, 2.05) is 42.2 Å². The van der Waals surface area contributed by atoms with Crippen LogP contribution in [0.4, 0.5) is 0 Å². The minimum atomic E-state index is 0.741. The molecule has 0 atom stereocenters. The molecule has 3 aromatic rings. The van der Waals surface area contributed by atoms with Crippen LogP contribution >= 0.6 is 11.3 Å². The average molecular weight is 242 g/mol. The SMILES string of the molecule is O=Cc1cccc2c1ccn2Cc1cncs1. The summed E-state index contributed by atoms with van der Waals surface area (Å²) in [6, 6.07) is 7.77. The van der Waals surface area contributed by atoms with E-state index >= 15 is 0 Å². The highest BCUT2D eigenvalue weighted by molar-refractivity contribution is 7.09. The number of carbonyl (C=O) groups excluding carboxylic acids is 1. The molecule has 0 unspecified atom stereocenters. The van der Waals surface area contributed by atoms with Crippen LogP contribution in [0.3, 0.4) is 0 Å². The summed E-state index contributed by atoms with van der Waals surface area (Å²) in [6.07, 6.45) is 4.79. The zero-order valence-corrected chi connectivity index (χ0v) is 9.85. The molecule has 0 aliphatic heterocycles.